The van der Waals surface area contributed by atoms with Crippen molar-refractivity contribution in [2.24, 2.45) is 23.7 Å². The largest absolute Gasteiger partial charge is 0.425 e. The van der Waals surface area contributed by atoms with Crippen LogP contribution in [-0.4, -0.2) is 11.9 Å². The Hall–Kier alpha value is -2.86. The number of hydrogen-bond donors (Lipinski definition) is 0. The summed E-state index contributed by atoms with van der Waals surface area (Å²) in [5, 5.41) is 19.5. The Labute approximate surface area is 216 Å². The van der Waals surface area contributed by atoms with Gasteiger partial charge in [0.2, 0.25) is 0 Å². The minimum Gasteiger partial charge on any atom is -0.425 e. The van der Waals surface area contributed by atoms with E-state index in [2.05, 4.69) is 13.8 Å². The van der Waals surface area contributed by atoms with Gasteiger partial charge in [-0.3, -0.25) is 9.59 Å². The lowest BCUT2D eigenvalue weighted by molar-refractivity contribution is -0.141. The van der Waals surface area contributed by atoms with Crippen LogP contribution in [0.3, 0.4) is 0 Å². The number of benzene rings is 1. The highest BCUT2D eigenvalue weighted by atomic mass is 16.5. The van der Waals surface area contributed by atoms with Crippen molar-refractivity contribution < 1.29 is 19.1 Å². The van der Waals surface area contributed by atoms with Crippen molar-refractivity contribution in [3.8, 4) is 23.6 Å². The van der Waals surface area contributed by atoms with Crippen molar-refractivity contribution in [2.75, 3.05) is 0 Å². The highest BCUT2D eigenvalue weighted by Crippen LogP contribution is 2.36. The summed E-state index contributed by atoms with van der Waals surface area (Å²) in [4.78, 5) is 25.6. The summed E-state index contributed by atoms with van der Waals surface area (Å²) in [5.74, 6) is 0.382. The Morgan fingerprint density at radius 1 is 0.722 bits per heavy atom. The van der Waals surface area contributed by atoms with Gasteiger partial charge in [0.25, 0.3) is 0 Å². The number of nitriles is 2. The van der Waals surface area contributed by atoms with Gasteiger partial charge in [0.1, 0.15) is 34.8 Å². The number of nitrogens with zero attached hydrogens (tertiary/aromatic N) is 2. The normalized spacial score (nSPS) is 23.8. The van der Waals surface area contributed by atoms with E-state index in [0.29, 0.717) is 11.8 Å². The molecule has 36 heavy (non-hydrogen) atoms. The lowest BCUT2D eigenvalue weighted by atomic mass is 9.80. The molecule has 0 bridgehead atoms. The van der Waals surface area contributed by atoms with Crippen LogP contribution >= 0.6 is 0 Å². The summed E-state index contributed by atoms with van der Waals surface area (Å²) in [6, 6.07) is 6.90. The Bertz CT molecular complexity index is 895. The number of hydrogen-bond acceptors (Lipinski definition) is 6. The highest BCUT2D eigenvalue weighted by molar-refractivity contribution is 5.79. The van der Waals surface area contributed by atoms with E-state index in [1.54, 1.807) is 0 Å². The summed E-state index contributed by atoms with van der Waals surface area (Å²) < 4.78 is 11.2. The van der Waals surface area contributed by atoms with Gasteiger partial charge in [-0.2, -0.15) is 10.5 Å². The fraction of sp³-hybridized carbons (Fsp3) is 0.667. The molecule has 0 N–H and O–H groups in total. The molecule has 6 heteroatoms. The summed E-state index contributed by atoms with van der Waals surface area (Å²) >= 11 is 0. The van der Waals surface area contributed by atoms with Crippen LogP contribution < -0.4 is 9.47 Å². The molecule has 194 valence electrons. The zero-order chi connectivity index (χ0) is 25.9. The maximum absolute atomic E-state index is 12.8. The number of carbonyl (C=O) groups excluding carboxylic acids is 2. The van der Waals surface area contributed by atoms with Gasteiger partial charge < -0.3 is 9.47 Å². The molecule has 3 rings (SSSR count). The van der Waals surface area contributed by atoms with E-state index in [1.165, 1.54) is 50.7 Å². The molecule has 0 unspecified atom stereocenters. The number of esters is 2. The fourth-order valence-corrected chi connectivity index (χ4v) is 5.70. The third kappa shape index (κ3) is 7.33. The molecule has 0 aromatic heterocycles. The van der Waals surface area contributed by atoms with E-state index in [-0.39, 0.29) is 46.4 Å². The number of rotatable bonds is 10. The van der Waals surface area contributed by atoms with Gasteiger partial charge >= 0.3 is 11.9 Å². The van der Waals surface area contributed by atoms with Gasteiger partial charge in [0.05, 0.1) is 11.8 Å². The number of unbranched alkanes of at least 4 members (excludes halogenated alkanes) is 2. The van der Waals surface area contributed by atoms with Crippen LogP contribution in [-0.2, 0) is 9.59 Å². The summed E-state index contributed by atoms with van der Waals surface area (Å²) in [7, 11) is 0. The Morgan fingerprint density at radius 2 is 1.08 bits per heavy atom. The minimum atomic E-state index is -0.353. The molecule has 0 atom stereocenters. The molecule has 2 aliphatic rings. The zero-order valence-corrected chi connectivity index (χ0v) is 21.9. The molecule has 0 radical (unpaired) electrons. The lowest BCUT2D eigenvalue weighted by Crippen LogP contribution is -2.26. The summed E-state index contributed by atoms with van der Waals surface area (Å²) in [5.41, 5.74) is -0.118. The molecule has 0 saturated heterocycles. The SMILES string of the molecule is CCCCC1CCC(C(=O)Oc2ccc(OC(=O)C3CCC(CCCC)CC3)c(C#N)c2C#N)CC1. The Kier molecular flexibility index (Phi) is 10.8. The van der Waals surface area contributed by atoms with Crippen molar-refractivity contribution in [1.82, 2.24) is 0 Å². The molecule has 0 amide bonds. The molecule has 2 saturated carbocycles. The number of carbonyl (C=O) groups is 2. The van der Waals surface area contributed by atoms with Crippen molar-refractivity contribution in [3.63, 3.8) is 0 Å². The molecule has 2 fully saturated rings. The predicted octanol–water partition coefficient (Wildman–Crippen LogP) is 7.23. The molecular weight excluding hydrogens is 452 g/mol. The van der Waals surface area contributed by atoms with E-state index < -0.39 is 0 Å². The third-order valence-corrected chi connectivity index (χ3v) is 8.07. The van der Waals surface area contributed by atoms with Gasteiger partial charge in [0, 0.05) is 0 Å². The second-order valence-electron chi connectivity index (χ2n) is 10.6. The van der Waals surface area contributed by atoms with Crippen LogP contribution in [0.25, 0.3) is 0 Å². The molecule has 0 heterocycles. The smallest absolute Gasteiger partial charge is 0.314 e. The van der Waals surface area contributed by atoms with Crippen LogP contribution in [0.5, 0.6) is 11.5 Å². The topological polar surface area (TPSA) is 100 Å². The maximum atomic E-state index is 12.8. The zero-order valence-electron chi connectivity index (χ0n) is 21.9. The van der Waals surface area contributed by atoms with Crippen LogP contribution in [0.15, 0.2) is 12.1 Å². The van der Waals surface area contributed by atoms with E-state index in [9.17, 15) is 20.1 Å². The second kappa shape index (κ2) is 14.0. The number of ether oxygens (including phenoxy) is 2. The van der Waals surface area contributed by atoms with E-state index >= 15 is 0 Å². The molecular formula is C30H40N2O4. The highest BCUT2D eigenvalue weighted by Gasteiger charge is 2.30. The monoisotopic (exact) mass is 492 g/mol. The van der Waals surface area contributed by atoms with Gasteiger partial charge in [-0.25, -0.2) is 0 Å². The maximum Gasteiger partial charge on any atom is 0.314 e. The summed E-state index contributed by atoms with van der Waals surface area (Å²) in [6.07, 6.45) is 14.5. The first kappa shape index (κ1) is 27.7. The van der Waals surface area contributed by atoms with E-state index in [1.807, 2.05) is 12.1 Å². The van der Waals surface area contributed by atoms with Crippen molar-refractivity contribution in [1.29, 1.82) is 10.5 Å². The Morgan fingerprint density at radius 3 is 1.39 bits per heavy atom. The van der Waals surface area contributed by atoms with Crippen LogP contribution in [0.4, 0.5) is 0 Å². The minimum absolute atomic E-state index is 0.0587. The molecule has 2 aliphatic carbocycles. The Balaban J connectivity index is 1.61. The average molecular weight is 493 g/mol. The van der Waals surface area contributed by atoms with Crippen LogP contribution in [0.1, 0.15) is 115 Å². The standard InChI is InChI=1S/C30H40N2O4/c1-3-5-7-21-9-13-23(14-10-21)29(33)35-27-17-18-28(26(20-32)25(27)19-31)36-30(34)24-15-11-22(12-16-24)8-6-4-2/h17-18,21-24H,3-16H2,1-2H3. The van der Waals surface area contributed by atoms with Crippen molar-refractivity contribution in [2.45, 2.75) is 104 Å². The van der Waals surface area contributed by atoms with Gasteiger partial charge in [-0.05, 0) is 75.3 Å². The quantitative estimate of drug-likeness (QED) is 0.252. The van der Waals surface area contributed by atoms with Crippen molar-refractivity contribution >= 4 is 11.9 Å². The molecule has 1 aromatic carbocycles. The van der Waals surface area contributed by atoms with E-state index in [0.717, 1.165) is 51.4 Å². The first-order chi connectivity index (χ1) is 17.5. The first-order valence-electron chi connectivity index (χ1n) is 13.9. The van der Waals surface area contributed by atoms with Crippen molar-refractivity contribution in [3.05, 3.63) is 23.3 Å². The lowest BCUT2D eigenvalue weighted by Gasteiger charge is -2.27. The van der Waals surface area contributed by atoms with Crippen LogP contribution in [0.2, 0.25) is 0 Å². The van der Waals surface area contributed by atoms with Gasteiger partial charge in [0.15, 0.2) is 0 Å². The fourth-order valence-electron chi connectivity index (χ4n) is 5.70. The summed E-state index contributed by atoms with van der Waals surface area (Å²) in [6.45, 7) is 4.38. The van der Waals surface area contributed by atoms with Gasteiger partial charge in [-0.15, -0.1) is 0 Å². The van der Waals surface area contributed by atoms with Gasteiger partial charge in [-0.1, -0.05) is 52.4 Å². The molecule has 0 spiro atoms. The molecule has 1 aromatic rings. The molecule has 6 nitrogen and oxygen atoms in total. The predicted molar refractivity (Wildman–Crippen MR) is 137 cm³/mol. The van der Waals surface area contributed by atoms with Crippen LogP contribution in [0, 0.1) is 46.3 Å². The third-order valence-electron chi connectivity index (χ3n) is 8.07. The second-order valence-corrected chi connectivity index (χ2v) is 10.6. The molecule has 0 aliphatic heterocycles. The van der Waals surface area contributed by atoms with E-state index in [4.69, 9.17) is 9.47 Å². The average Bonchev–Trinajstić information content (AvgIpc) is 2.91. The first-order valence-corrected chi connectivity index (χ1v) is 13.9.